The van der Waals surface area contributed by atoms with E-state index in [2.05, 4.69) is 23.6 Å². The topological polar surface area (TPSA) is 93.2 Å². The van der Waals surface area contributed by atoms with E-state index in [0.29, 0.717) is 12.8 Å². The third-order valence-electron chi connectivity index (χ3n) is 4.46. The predicted octanol–water partition coefficient (Wildman–Crippen LogP) is 2.41. The van der Waals surface area contributed by atoms with Crippen molar-refractivity contribution in [1.29, 1.82) is 0 Å². The van der Waals surface area contributed by atoms with Gasteiger partial charge in [-0.2, -0.15) is 0 Å². The van der Waals surface area contributed by atoms with Crippen LogP contribution in [-0.4, -0.2) is 26.7 Å². The molecule has 4 N–H and O–H groups in total. The summed E-state index contributed by atoms with van der Waals surface area (Å²) in [5.74, 6) is 0.289. The molecule has 0 aliphatic carbocycles. The lowest BCUT2D eigenvalue weighted by molar-refractivity contribution is -0.130. The molecular weight excluding hydrogens is 316 g/mol. The smallest absolute Gasteiger partial charge is 0.260 e. The standard InChI is InChI=1S/C19H22N4O2/c1-13(14-7-3-2-4-8-14)23-17-10-6-5-9-16(17)21-18(23)12-11-15(20)19(24)22-25/h2-10,13,15,25H,11-12,20H2,1H3,(H,22,24)/t13?,15-/m0/s1. The molecule has 1 aromatic heterocycles. The van der Waals surface area contributed by atoms with Crippen molar-refractivity contribution in [1.82, 2.24) is 15.0 Å². The van der Waals surface area contributed by atoms with Crippen LogP contribution in [0, 0.1) is 0 Å². The van der Waals surface area contributed by atoms with Crippen molar-refractivity contribution in [3.05, 3.63) is 66.0 Å². The van der Waals surface area contributed by atoms with Gasteiger partial charge in [0.25, 0.3) is 5.91 Å². The average molecular weight is 338 g/mol. The van der Waals surface area contributed by atoms with Gasteiger partial charge in [-0.25, -0.2) is 10.5 Å². The number of imidazole rings is 1. The quantitative estimate of drug-likeness (QED) is 0.475. The van der Waals surface area contributed by atoms with E-state index in [1.165, 1.54) is 5.56 Å². The van der Waals surface area contributed by atoms with Crippen molar-refractivity contribution in [3.63, 3.8) is 0 Å². The predicted molar refractivity (Wildman–Crippen MR) is 96.2 cm³/mol. The number of hydroxylamine groups is 1. The van der Waals surface area contributed by atoms with Crippen LogP contribution in [0.25, 0.3) is 11.0 Å². The Kier molecular flexibility index (Phi) is 5.11. The van der Waals surface area contributed by atoms with Crippen molar-refractivity contribution in [2.45, 2.75) is 31.8 Å². The summed E-state index contributed by atoms with van der Waals surface area (Å²) in [6.45, 7) is 2.13. The Bertz CT molecular complexity index is 860. The van der Waals surface area contributed by atoms with Gasteiger partial charge >= 0.3 is 0 Å². The zero-order valence-electron chi connectivity index (χ0n) is 14.1. The van der Waals surface area contributed by atoms with Gasteiger partial charge < -0.3 is 10.3 Å². The molecule has 1 amide bonds. The van der Waals surface area contributed by atoms with Gasteiger partial charge in [-0.15, -0.1) is 0 Å². The van der Waals surface area contributed by atoms with E-state index >= 15 is 0 Å². The van der Waals surface area contributed by atoms with Gasteiger partial charge in [0.1, 0.15) is 5.82 Å². The molecule has 25 heavy (non-hydrogen) atoms. The number of benzene rings is 2. The summed E-state index contributed by atoms with van der Waals surface area (Å²) >= 11 is 0. The van der Waals surface area contributed by atoms with E-state index in [0.717, 1.165) is 16.9 Å². The first-order valence-corrected chi connectivity index (χ1v) is 8.32. The lowest BCUT2D eigenvalue weighted by atomic mass is 10.1. The zero-order valence-corrected chi connectivity index (χ0v) is 14.1. The molecule has 0 saturated heterocycles. The fraction of sp³-hybridized carbons (Fsp3) is 0.263. The minimum Gasteiger partial charge on any atom is -0.321 e. The molecule has 2 atom stereocenters. The minimum absolute atomic E-state index is 0.103. The molecule has 1 unspecified atom stereocenters. The van der Waals surface area contributed by atoms with Crippen LogP contribution >= 0.6 is 0 Å². The van der Waals surface area contributed by atoms with Gasteiger partial charge in [0.05, 0.1) is 23.1 Å². The van der Waals surface area contributed by atoms with Crippen molar-refractivity contribution in [2.75, 3.05) is 0 Å². The summed E-state index contributed by atoms with van der Waals surface area (Å²) in [7, 11) is 0. The maximum absolute atomic E-state index is 11.4. The molecule has 0 radical (unpaired) electrons. The number of carbonyl (C=O) groups is 1. The Morgan fingerprint density at radius 3 is 2.60 bits per heavy atom. The molecule has 2 aromatic carbocycles. The highest BCUT2D eigenvalue weighted by Gasteiger charge is 2.19. The lowest BCUT2D eigenvalue weighted by Crippen LogP contribution is -2.39. The minimum atomic E-state index is -0.773. The normalized spacial score (nSPS) is 13.6. The maximum Gasteiger partial charge on any atom is 0.260 e. The Hall–Kier alpha value is -2.70. The van der Waals surface area contributed by atoms with E-state index in [4.69, 9.17) is 15.9 Å². The molecule has 0 fully saturated rings. The number of nitrogens with zero attached hydrogens (tertiary/aromatic N) is 2. The first-order valence-electron chi connectivity index (χ1n) is 8.32. The SMILES string of the molecule is CC(c1ccccc1)n1c(CC[C@H](N)C(=O)NO)nc2ccccc21. The number of aromatic nitrogens is 2. The molecule has 0 saturated carbocycles. The number of nitrogens with two attached hydrogens (primary N) is 1. The Morgan fingerprint density at radius 2 is 1.88 bits per heavy atom. The van der Waals surface area contributed by atoms with Crippen LogP contribution in [-0.2, 0) is 11.2 Å². The molecule has 0 aliphatic rings. The van der Waals surface area contributed by atoms with Crippen molar-refractivity contribution >= 4 is 16.9 Å². The first-order chi connectivity index (χ1) is 12.1. The fourth-order valence-electron chi connectivity index (χ4n) is 3.08. The van der Waals surface area contributed by atoms with Crippen molar-refractivity contribution < 1.29 is 10.0 Å². The van der Waals surface area contributed by atoms with Gasteiger partial charge in [0, 0.05) is 6.42 Å². The monoisotopic (exact) mass is 338 g/mol. The number of amides is 1. The van der Waals surface area contributed by atoms with Gasteiger partial charge in [-0.1, -0.05) is 42.5 Å². The first kappa shape index (κ1) is 17.1. The molecule has 0 bridgehead atoms. The van der Waals surface area contributed by atoms with Crippen molar-refractivity contribution in [2.24, 2.45) is 5.73 Å². The number of rotatable bonds is 6. The highest BCUT2D eigenvalue weighted by atomic mass is 16.5. The second kappa shape index (κ2) is 7.46. The number of nitrogens with one attached hydrogen (secondary N) is 1. The van der Waals surface area contributed by atoms with Gasteiger partial charge in [0.2, 0.25) is 0 Å². The van der Waals surface area contributed by atoms with Crippen LogP contribution in [0.15, 0.2) is 54.6 Å². The Morgan fingerprint density at radius 1 is 1.20 bits per heavy atom. The number of aryl methyl sites for hydroxylation is 1. The molecule has 3 rings (SSSR count). The summed E-state index contributed by atoms with van der Waals surface area (Å²) in [5.41, 5.74) is 10.5. The maximum atomic E-state index is 11.4. The second-order valence-corrected chi connectivity index (χ2v) is 6.09. The Labute approximate surface area is 146 Å². The number of carbonyl (C=O) groups excluding carboxylic acids is 1. The molecule has 0 aliphatic heterocycles. The molecule has 0 spiro atoms. The van der Waals surface area contributed by atoms with Gasteiger partial charge in [-0.05, 0) is 31.0 Å². The molecular formula is C19H22N4O2. The number of para-hydroxylation sites is 2. The van der Waals surface area contributed by atoms with Crippen LogP contribution in [0.3, 0.4) is 0 Å². The van der Waals surface area contributed by atoms with Crippen LogP contribution in [0.2, 0.25) is 0 Å². The van der Waals surface area contributed by atoms with E-state index in [1.807, 2.05) is 42.5 Å². The summed E-state index contributed by atoms with van der Waals surface area (Å²) in [6.07, 6.45) is 0.942. The summed E-state index contributed by atoms with van der Waals surface area (Å²) < 4.78 is 2.19. The largest absolute Gasteiger partial charge is 0.321 e. The lowest BCUT2D eigenvalue weighted by Gasteiger charge is -2.19. The van der Waals surface area contributed by atoms with Gasteiger partial charge in [0.15, 0.2) is 0 Å². The number of hydrogen-bond donors (Lipinski definition) is 3. The summed E-state index contributed by atoms with van der Waals surface area (Å²) in [6, 6.07) is 17.5. The highest BCUT2D eigenvalue weighted by molar-refractivity contribution is 5.80. The van der Waals surface area contributed by atoms with Crippen molar-refractivity contribution in [3.8, 4) is 0 Å². The fourth-order valence-corrected chi connectivity index (χ4v) is 3.08. The van der Waals surface area contributed by atoms with Crippen LogP contribution in [0.5, 0.6) is 0 Å². The third-order valence-corrected chi connectivity index (χ3v) is 4.46. The molecule has 6 nitrogen and oxygen atoms in total. The molecule has 3 aromatic rings. The van der Waals surface area contributed by atoms with E-state index in [-0.39, 0.29) is 6.04 Å². The third kappa shape index (κ3) is 3.55. The van der Waals surface area contributed by atoms with Gasteiger partial charge in [-0.3, -0.25) is 10.0 Å². The van der Waals surface area contributed by atoms with Crippen LogP contribution in [0.1, 0.15) is 30.8 Å². The number of fused-ring (bicyclic) bond motifs is 1. The summed E-state index contributed by atoms with van der Waals surface area (Å²) in [5, 5.41) is 8.71. The van der Waals surface area contributed by atoms with E-state index in [1.54, 1.807) is 5.48 Å². The Balaban J connectivity index is 1.96. The molecule has 6 heteroatoms. The second-order valence-electron chi connectivity index (χ2n) is 6.09. The van der Waals surface area contributed by atoms with E-state index < -0.39 is 11.9 Å². The van der Waals surface area contributed by atoms with E-state index in [9.17, 15) is 4.79 Å². The summed E-state index contributed by atoms with van der Waals surface area (Å²) in [4.78, 5) is 16.2. The zero-order chi connectivity index (χ0) is 17.8. The highest BCUT2D eigenvalue weighted by Crippen LogP contribution is 2.26. The molecule has 1 heterocycles. The van der Waals surface area contributed by atoms with Crippen LogP contribution < -0.4 is 11.2 Å². The van der Waals surface area contributed by atoms with Crippen LogP contribution in [0.4, 0.5) is 0 Å². The number of hydrogen-bond acceptors (Lipinski definition) is 4. The average Bonchev–Trinajstić information content (AvgIpc) is 3.03. The molecule has 130 valence electrons.